The van der Waals surface area contributed by atoms with Crippen LogP contribution in [0.25, 0.3) is 0 Å². The molecule has 1 aliphatic rings. The number of carbonyl (C=O) groups is 4. The summed E-state index contributed by atoms with van der Waals surface area (Å²) < 4.78 is 13.1. The number of benzene rings is 1. The summed E-state index contributed by atoms with van der Waals surface area (Å²) in [5.41, 5.74) is 0.502. The van der Waals surface area contributed by atoms with Gasteiger partial charge in [0.1, 0.15) is 11.9 Å². The number of hydrogen-bond acceptors (Lipinski definition) is 5. The Bertz CT molecular complexity index is 750. The molecule has 2 atom stereocenters. The number of nitrogens with one attached hydrogen (secondary N) is 2. The maximum absolute atomic E-state index is 13.1. The molecule has 0 spiro atoms. The first-order valence-corrected chi connectivity index (χ1v) is 9.03. The van der Waals surface area contributed by atoms with E-state index in [1.807, 2.05) is 0 Å². The van der Waals surface area contributed by atoms with E-state index >= 15 is 0 Å². The number of hydrogen-bond donors (Lipinski definition) is 2. The molecular weight excluding hydrogens is 369 g/mol. The van der Waals surface area contributed by atoms with E-state index in [1.165, 1.54) is 29.2 Å². The number of aliphatic carboxylic acids is 1. The Morgan fingerprint density at radius 2 is 1.89 bits per heavy atom. The minimum Gasteiger partial charge on any atom is -0.550 e. The maximum Gasteiger partial charge on any atom is 0.242 e. The van der Waals surface area contributed by atoms with Crippen molar-refractivity contribution >= 4 is 29.4 Å². The van der Waals surface area contributed by atoms with Gasteiger partial charge in [0.15, 0.2) is 0 Å². The van der Waals surface area contributed by atoms with E-state index in [9.17, 15) is 28.7 Å². The maximum atomic E-state index is 13.1. The largest absolute Gasteiger partial charge is 0.550 e. The lowest BCUT2D eigenvalue weighted by Crippen LogP contribution is -2.51. The van der Waals surface area contributed by atoms with Gasteiger partial charge in [-0.25, -0.2) is 4.39 Å². The number of halogens is 1. The number of anilines is 1. The molecule has 1 heterocycles. The monoisotopic (exact) mass is 392 g/mol. The predicted octanol–water partition coefficient (Wildman–Crippen LogP) is -0.424. The Labute approximate surface area is 162 Å². The van der Waals surface area contributed by atoms with Crippen LogP contribution in [0.3, 0.4) is 0 Å². The van der Waals surface area contributed by atoms with Crippen LogP contribution in [0.5, 0.6) is 0 Å². The highest BCUT2D eigenvalue weighted by Gasteiger charge is 2.37. The van der Waals surface area contributed by atoms with Gasteiger partial charge in [0.05, 0.1) is 5.92 Å². The summed E-state index contributed by atoms with van der Waals surface area (Å²) in [4.78, 5) is 48.9. The van der Waals surface area contributed by atoms with Crippen molar-refractivity contribution in [2.45, 2.75) is 32.7 Å². The molecule has 8 nitrogen and oxygen atoms in total. The third kappa shape index (κ3) is 5.51. The Hall–Kier alpha value is -2.97. The number of carboxylic acids is 1. The normalized spacial score (nSPS) is 17.5. The lowest BCUT2D eigenvalue weighted by molar-refractivity contribution is -0.305. The van der Waals surface area contributed by atoms with Crippen molar-refractivity contribution in [1.82, 2.24) is 10.6 Å². The molecule has 3 amide bonds. The molecule has 2 N–H and O–H groups in total. The molecule has 1 aromatic carbocycles. The number of amides is 3. The molecule has 9 heteroatoms. The van der Waals surface area contributed by atoms with E-state index < -0.39 is 35.6 Å². The summed E-state index contributed by atoms with van der Waals surface area (Å²) in [7, 11) is 0. The zero-order valence-electron chi connectivity index (χ0n) is 15.7. The van der Waals surface area contributed by atoms with Crippen molar-refractivity contribution in [3.63, 3.8) is 0 Å². The fourth-order valence-corrected chi connectivity index (χ4v) is 2.96. The number of carbonyl (C=O) groups excluding carboxylic acids is 4. The Balaban J connectivity index is 1.98. The number of carboxylic acid groups (broad SMARTS) is 1. The quantitative estimate of drug-likeness (QED) is 0.623. The van der Waals surface area contributed by atoms with Gasteiger partial charge in [-0.15, -0.1) is 0 Å². The summed E-state index contributed by atoms with van der Waals surface area (Å²) >= 11 is 0. The average molecular weight is 392 g/mol. The molecule has 1 aliphatic heterocycles. The second kappa shape index (κ2) is 9.29. The van der Waals surface area contributed by atoms with Crippen LogP contribution in [-0.4, -0.2) is 42.8 Å². The molecule has 0 saturated carbocycles. The highest BCUT2D eigenvalue weighted by molar-refractivity contribution is 6.01. The minimum absolute atomic E-state index is 0.0136. The first kappa shape index (κ1) is 21.3. The van der Waals surface area contributed by atoms with E-state index in [2.05, 4.69) is 10.6 Å². The van der Waals surface area contributed by atoms with Crippen LogP contribution in [0.4, 0.5) is 10.1 Å². The third-order valence-corrected chi connectivity index (χ3v) is 4.51. The minimum atomic E-state index is -1.28. The second-order valence-corrected chi connectivity index (χ2v) is 7.03. The molecule has 2 rings (SSSR count). The van der Waals surface area contributed by atoms with Crippen LogP contribution in [0.1, 0.15) is 26.7 Å². The molecule has 0 unspecified atom stereocenters. The molecule has 0 aromatic heterocycles. The summed E-state index contributed by atoms with van der Waals surface area (Å²) in [6.07, 6.45) is -0.339. The Morgan fingerprint density at radius 3 is 2.46 bits per heavy atom. The van der Waals surface area contributed by atoms with Crippen molar-refractivity contribution in [2.24, 2.45) is 11.8 Å². The molecule has 0 bridgehead atoms. The van der Waals surface area contributed by atoms with Crippen LogP contribution in [0.15, 0.2) is 24.3 Å². The molecule has 28 heavy (non-hydrogen) atoms. The standard InChI is InChI=1S/C19H24FN3O5/c1-11(2)17(19(28)21-8-7-16(25)26)22-18(27)12-9-15(24)23(10-12)14-5-3-13(20)4-6-14/h3-6,11-12,17H,7-10H2,1-2H3,(H,21,28)(H,22,27)(H,25,26)/p-1/t12-,17+/m1/s1. The van der Waals surface area contributed by atoms with E-state index in [4.69, 9.17) is 0 Å². The van der Waals surface area contributed by atoms with Gasteiger partial charge < -0.3 is 25.4 Å². The van der Waals surface area contributed by atoms with Crippen LogP contribution < -0.4 is 20.6 Å². The zero-order valence-corrected chi connectivity index (χ0v) is 15.7. The molecule has 1 saturated heterocycles. The zero-order chi connectivity index (χ0) is 20.8. The molecule has 0 radical (unpaired) electrons. The first-order valence-electron chi connectivity index (χ1n) is 9.03. The Kier molecular flexibility index (Phi) is 7.08. The van der Waals surface area contributed by atoms with Crippen molar-refractivity contribution in [3.8, 4) is 0 Å². The van der Waals surface area contributed by atoms with Gasteiger partial charge in [-0.1, -0.05) is 13.8 Å². The van der Waals surface area contributed by atoms with Crippen LogP contribution in [0, 0.1) is 17.7 Å². The van der Waals surface area contributed by atoms with Crippen molar-refractivity contribution in [2.75, 3.05) is 18.0 Å². The van der Waals surface area contributed by atoms with Crippen LogP contribution in [0.2, 0.25) is 0 Å². The summed E-state index contributed by atoms with van der Waals surface area (Å²) in [6, 6.07) is 4.55. The smallest absolute Gasteiger partial charge is 0.242 e. The topological polar surface area (TPSA) is 119 Å². The van der Waals surface area contributed by atoms with Gasteiger partial charge in [0.2, 0.25) is 17.7 Å². The van der Waals surface area contributed by atoms with Crippen molar-refractivity contribution in [3.05, 3.63) is 30.1 Å². The van der Waals surface area contributed by atoms with Crippen LogP contribution in [-0.2, 0) is 19.2 Å². The van der Waals surface area contributed by atoms with Crippen molar-refractivity contribution in [1.29, 1.82) is 0 Å². The van der Waals surface area contributed by atoms with Gasteiger partial charge in [0, 0.05) is 37.6 Å². The highest BCUT2D eigenvalue weighted by Crippen LogP contribution is 2.25. The van der Waals surface area contributed by atoms with Gasteiger partial charge in [0.25, 0.3) is 0 Å². The molecule has 152 valence electrons. The van der Waals surface area contributed by atoms with Gasteiger partial charge in [-0.3, -0.25) is 14.4 Å². The second-order valence-electron chi connectivity index (χ2n) is 7.03. The third-order valence-electron chi connectivity index (χ3n) is 4.51. The fraction of sp³-hybridized carbons (Fsp3) is 0.474. The van der Waals surface area contributed by atoms with Crippen molar-refractivity contribution < 1.29 is 28.7 Å². The lowest BCUT2D eigenvalue weighted by Gasteiger charge is -2.23. The van der Waals surface area contributed by atoms with E-state index in [1.54, 1.807) is 13.8 Å². The van der Waals surface area contributed by atoms with E-state index in [0.717, 1.165) is 0 Å². The molecular formula is C19H23FN3O5-. The van der Waals surface area contributed by atoms with Gasteiger partial charge >= 0.3 is 0 Å². The highest BCUT2D eigenvalue weighted by atomic mass is 19.1. The summed E-state index contributed by atoms with van der Waals surface area (Å²) in [6.45, 7) is 3.52. The Morgan fingerprint density at radius 1 is 1.25 bits per heavy atom. The van der Waals surface area contributed by atoms with Crippen LogP contribution >= 0.6 is 0 Å². The van der Waals surface area contributed by atoms with E-state index in [0.29, 0.717) is 5.69 Å². The van der Waals surface area contributed by atoms with E-state index in [-0.39, 0.29) is 37.8 Å². The van der Waals surface area contributed by atoms with Gasteiger partial charge in [-0.2, -0.15) is 0 Å². The first-order chi connectivity index (χ1) is 13.2. The molecule has 1 aromatic rings. The summed E-state index contributed by atoms with van der Waals surface area (Å²) in [5, 5.41) is 15.5. The predicted molar refractivity (Wildman–Crippen MR) is 96.3 cm³/mol. The number of nitrogens with zero attached hydrogens (tertiary/aromatic N) is 1. The lowest BCUT2D eigenvalue weighted by atomic mass is 10.0. The molecule has 1 fully saturated rings. The average Bonchev–Trinajstić information content (AvgIpc) is 3.01. The van der Waals surface area contributed by atoms with Gasteiger partial charge in [-0.05, 0) is 30.2 Å². The summed E-state index contributed by atoms with van der Waals surface area (Å²) in [5.74, 6) is -3.78. The fourth-order valence-electron chi connectivity index (χ4n) is 2.96. The SMILES string of the molecule is CC(C)[C@H](NC(=O)[C@@H]1CC(=O)N(c2ccc(F)cc2)C1)C(=O)NCCC(=O)[O-]. The molecule has 0 aliphatic carbocycles. The number of rotatable bonds is 8.